The van der Waals surface area contributed by atoms with Gasteiger partial charge in [-0.2, -0.15) is 0 Å². The van der Waals surface area contributed by atoms with Crippen LogP contribution in [0.4, 0.5) is 0 Å². The predicted molar refractivity (Wildman–Crippen MR) is 106 cm³/mol. The van der Waals surface area contributed by atoms with Gasteiger partial charge < -0.3 is 4.98 Å². The molecule has 26 heavy (non-hydrogen) atoms. The Balaban J connectivity index is 1.54. The van der Waals surface area contributed by atoms with E-state index in [4.69, 9.17) is 11.6 Å². The topological polar surface area (TPSA) is 74.4 Å². The van der Waals surface area contributed by atoms with Crippen molar-refractivity contribution in [2.45, 2.75) is 17.8 Å². The molecule has 0 atom stereocenters. The normalized spacial score (nSPS) is 11.2. The Morgan fingerprint density at radius 1 is 1.15 bits per heavy atom. The highest BCUT2D eigenvalue weighted by molar-refractivity contribution is 7.98. The van der Waals surface area contributed by atoms with Crippen molar-refractivity contribution >= 4 is 34.3 Å². The van der Waals surface area contributed by atoms with Crippen LogP contribution in [0.5, 0.6) is 0 Å². The molecule has 0 radical (unpaired) electrons. The Hall–Kier alpha value is -2.57. The van der Waals surface area contributed by atoms with Gasteiger partial charge in [0.05, 0.1) is 10.5 Å². The molecule has 0 unspecified atom stereocenters. The number of nitrogens with one attached hydrogen (secondary N) is 2. The molecule has 2 N–H and O–H groups in total. The number of pyridine rings is 1. The maximum Gasteiger partial charge on any atom is 0.209 e. The molecular formula is C19H15ClN4OS. The molecule has 4 aromatic rings. The van der Waals surface area contributed by atoms with Crippen molar-refractivity contribution in [2.75, 3.05) is 0 Å². The third kappa shape index (κ3) is 3.38. The van der Waals surface area contributed by atoms with Crippen LogP contribution in [0.2, 0.25) is 5.02 Å². The molecule has 7 heteroatoms. The molecule has 0 aliphatic heterocycles. The standard InChI is InChI=1S/C19H15ClN4OS/c1-11-5-7-12(8-6-11)18-22-19(24-23-18)26-10-13-9-16(25)14-3-2-4-15(20)17(14)21-13/h2-9H,10H2,1H3,(H,21,25)(H,22,23,24). The second-order valence-corrected chi connectivity index (χ2v) is 7.29. The third-order valence-electron chi connectivity index (χ3n) is 4.02. The lowest BCUT2D eigenvalue weighted by atomic mass is 10.1. The van der Waals surface area contributed by atoms with Crippen molar-refractivity contribution in [1.82, 2.24) is 20.2 Å². The van der Waals surface area contributed by atoms with Crippen LogP contribution < -0.4 is 5.43 Å². The summed E-state index contributed by atoms with van der Waals surface area (Å²) < 4.78 is 0. The fraction of sp³-hybridized carbons (Fsp3) is 0.105. The molecule has 0 spiro atoms. The SMILES string of the molecule is Cc1ccc(-c2nc(SCc3cc(=O)c4cccc(Cl)c4[nH]3)n[nH]2)cc1. The first-order valence-electron chi connectivity index (χ1n) is 8.03. The van der Waals surface area contributed by atoms with E-state index in [1.165, 1.54) is 17.3 Å². The Kier molecular flexibility index (Phi) is 4.53. The second kappa shape index (κ2) is 6.97. The maximum absolute atomic E-state index is 12.3. The summed E-state index contributed by atoms with van der Waals surface area (Å²) in [6.45, 7) is 2.04. The molecule has 0 saturated carbocycles. The monoisotopic (exact) mass is 382 g/mol. The van der Waals surface area contributed by atoms with Gasteiger partial charge in [0.15, 0.2) is 11.3 Å². The highest BCUT2D eigenvalue weighted by Crippen LogP contribution is 2.24. The van der Waals surface area contributed by atoms with E-state index in [1.54, 1.807) is 24.3 Å². The molecule has 4 rings (SSSR count). The summed E-state index contributed by atoms with van der Waals surface area (Å²) in [5, 5.41) is 8.94. The number of aromatic nitrogens is 4. The van der Waals surface area contributed by atoms with Crippen molar-refractivity contribution < 1.29 is 0 Å². The fourth-order valence-corrected chi connectivity index (χ4v) is 3.59. The van der Waals surface area contributed by atoms with Crippen molar-refractivity contribution in [3.8, 4) is 11.4 Å². The Morgan fingerprint density at radius 2 is 1.96 bits per heavy atom. The van der Waals surface area contributed by atoms with E-state index < -0.39 is 0 Å². The van der Waals surface area contributed by atoms with Gasteiger partial charge >= 0.3 is 0 Å². The number of rotatable bonds is 4. The molecule has 2 aromatic carbocycles. The lowest BCUT2D eigenvalue weighted by Gasteiger charge is -2.04. The average molecular weight is 383 g/mol. The predicted octanol–water partition coefficient (Wildman–Crippen LogP) is 4.57. The molecule has 0 bridgehead atoms. The first-order valence-corrected chi connectivity index (χ1v) is 9.39. The van der Waals surface area contributed by atoms with Gasteiger partial charge in [0, 0.05) is 28.5 Å². The van der Waals surface area contributed by atoms with E-state index in [0.717, 1.165) is 17.1 Å². The number of fused-ring (bicyclic) bond motifs is 1. The lowest BCUT2D eigenvalue weighted by Crippen LogP contribution is -2.04. The summed E-state index contributed by atoms with van der Waals surface area (Å²) >= 11 is 7.64. The number of para-hydroxylation sites is 1. The Bertz CT molecular complexity index is 1130. The number of thioether (sulfide) groups is 1. The summed E-state index contributed by atoms with van der Waals surface area (Å²) in [5.41, 5.74) is 3.57. The number of H-pyrrole nitrogens is 2. The molecule has 5 nitrogen and oxygen atoms in total. The van der Waals surface area contributed by atoms with Crippen molar-refractivity contribution in [2.24, 2.45) is 0 Å². The third-order valence-corrected chi connectivity index (χ3v) is 5.23. The maximum atomic E-state index is 12.3. The molecule has 2 aromatic heterocycles. The van der Waals surface area contributed by atoms with Gasteiger partial charge in [0.2, 0.25) is 5.16 Å². The van der Waals surface area contributed by atoms with Crippen molar-refractivity contribution in [3.05, 3.63) is 75.0 Å². The van der Waals surface area contributed by atoms with Gasteiger partial charge in [-0.05, 0) is 19.1 Å². The number of hydrogen-bond acceptors (Lipinski definition) is 4. The van der Waals surface area contributed by atoms with E-state index in [1.807, 2.05) is 31.2 Å². The minimum absolute atomic E-state index is 0.0489. The van der Waals surface area contributed by atoms with Gasteiger partial charge in [-0.3, -0.25) is 9.89 Å². The van der Waals surface area contributed by atoms with E-state index in [2.05, 4.69) is 20.2 Å². The molecule has 0 amide bonds. The van der Waals surface area contributed by atoms with E-state index in [-0.39, 0.29) is 5.43 Å². The van der Waals surface area contributed by atoms with Gasteiger partial charge in [-0.25, -0.2) is 4.98 Å². The quantitative estimate of drug-likeness (QED) is 0.507. The summed E-state index contributed by atoms with van der Waals surface area (Å²) in [6.07, 6.45) is 0. The Labute approximate surface area is 158 Å². The van der Waals surface area contributed by atoms with Crippen LogP contribution in [0.25, 0.3) is 22.3 Å². The molecule has 130 valence electrons. The zero-order valence-electron chi connectivity index (χ0n) is 13.9. The van der Waals surface area contributed by atoms with E-state index >= 15 is 0 Å². The first-order chi connectivity index (χ1) is 12.6. The second-order valence-electron chi connectivity index (χ2n) is 5.94. The number of hydrogen-bond donors (Lipinski definition) is 2. The van der Waals surface area contributed by atoms with Crippen molar-refractivity contribution in [3.63, 3.8) is 0 Å². The molecule has 0 aliphatic carbocycles. The highest BCUT2D eigenvalue weighted by atomic mass is 35.5. The van der Waals surface area contributed by atoms with E-state index in [0.29, 0.717) is 26.8 Å². The zero-order chi connectivity index (χ0) is 18.1. The summed E-state index contributed by atoms with van der Waals surface area (Å²) in [4.78, 5) is 20.0. The van der Waals surface area contributed by atoms with Gasteiger partial charge in [-0.1, -0.05) is 59.3 Å². The molecule has 0 aliphatic rings. The van der Waals surface area contributed by atoms with Gasteiger partial charge in [0.1, 0.15) is 0 Å². The van der Waals surface area contributed by atoms with Crippen molar-refractivity contribution in [1.29, 1.82) is 0 Å². The fourth-order valence-electron chi connectivity index (χ4n) is 2.66. The van der Waals surface area contributed by atoms with Gasteiger partial charge in [0.25, 0.3) is 0 Å². The average Bonchev–Trinajstić information content (AvgIpc) is 3.10. The van der Waals surface area contributed by atoms with Crippen LogP contribution >= 0.6 is 23.4 Å². The summed E-state index contributed by atoms with van der Waals surface area (Å²) in [5.74, 6) is 1.27. The number of nitrogens with zero attached hydrogens (tertiary/aromatic N) is 2. The van der Waals surface area contributed by atoms with Crippen LogP contribution in [-0.4, -0.2) is 20.2 Å². The Morgan fingerprint density at radius 3 is 2.77 bits per heavy atom. The van der Waals surface area contributed by atoms with Crippen LogP contribution in [0.3, 0.4) is 0 Å². The molecule has 2 heterocycles. The molecule has 0 fully saturated rings. The number of halogens is 1. The minimum Gasteiger partial charge on any atom is -0.356 e. The van der Waals surface area contributed by atoms with Crippen LogP contribution in [-0.2, 0) is 5.75 Å². The number of benzene rings is 2. The largest absolute Gasteiger partial charge is 0.356 e. The van der Waals surface area contributed by atoms with Crippen LogP contribution in [0.1, 0.15) is 11.3 Å². The molecule has 0 saturated heterocycles. The highest BCUT2D eigenvalue weighted by Gasteiger charge is 2.09. The van der Waals surface area contributed by atoms with Crippen LogP contribution in [0.15, 0.2) is 58.5 Å². The van der Waals surface area contributed by atoms with Gasteiger partial charge in [-0.15, -0.1) is 5.10 Å². The smallest absolute Gasteiger partial charge is 0.209 e. The van der Waals surface area contributed by atoms with E-state index in [9.17, 15) is 4.79 Å². The minimum atomic E-state index is -0.0489. The zero-order valence-corrected chi connectivity index (χ0v) is 15.5. The number of aromatic amines is 2. The summed E-state index contributed by atoms with van der Waals surface area (Å²) in [6, 6.07) is 15.0. The molecular weight excluding hydrogens is 368 g/mol. The number of aryl methyl sites for hydroxylation is 1. The summed E-state index contributed by atoms with van der Waals surface area (Å²) in [7, 11) is 0. The van der Waals surface area contributed by atoms with Crippen LogP contribution in [0, 0.1) is 6.92 Å². The lowest BCUT2D eigenvalue weighted by molar-refractivity contribution is 0.972. The first kappa shape index (κ1) is 16.9.